The minimum atomic E-state index is -0.206. The molecule has 1 heterocycles. The van der Waals surface area contributed by atoms with Crippen LogP contribution in [0.15, 0.2) is 24.3 Å². The fourth-order valence-electron chi connectivity index (χ4n) is 2.30. The van der Waals surface area contributed by atoms with Crippen LogP contribution < -0.4 is 10.6 Å². The van der Waals surface area contributed by atoms with Crippen LogP contribution in [0.1, 0.15) is 24.8 Å². The first-order valence-corrected chi connectivity index (χ1v) is 7.57. The SMILES string of the molecule is O=C(NCCCN1CCCC1=O)NCc1cccc(Cl)c1. The number of rotatable bonds is 6. The van der Waals surface area contributed by atoms with Gasteiger partial charge in [-0.05, 0) is 30.5 Å². The molecule has 3 amide bonds. The molecule has 0 atom stereocenters. The summed E-state index contributed by atoms with van der Waals surface area (Å²) in [5.41, 5.74) is 0.959. The normalized spacial score (nSPS) is 14.3. The van der Waals surface area contributed by atoms with Gasteiger partial charge in [0.2, 0.25) is 5.91 Å². The van der Waals surface area contributed by atoms with Crippen LogP contribution in [0.5, 0.6) is 0 Å². The first-order chi connectivity index (χ1) is 10.1. The van der Waals surface area contributed by atoms with Crippen LogP contribution in [-0.4, -0.2) is 36.5 Å². The molecule has 6 heteroatoms. The van der Waals surface area contributed by atoms with E-state index in [0.29, 0.717) is 31.1 Å². The monoisotopic (exact) mass is 309 g/mol. The van der Waals surface area contributed by atoms with Crippen molar-refractivity contribution in [3.8, 4) is 0 Å². The van der Waals surface area contributed by atoms with Crippen molar-refractivity contribution >= 4 is 23.5 Å². The predicted octanol–water partition coefficient (Wildman–Crippen LogP) is 2.15. The number of hydrogen-bond donors (Lipinski definition) is 2. The number of likely N-dealkylation sites (tertiary alicyclic amines) is 1. The number of halogens is 1. The zero-order valence-electron chi connectivity index (χ0n) is 11.9. The molecule has 2 N–H and O–H groups in total. The number of hydrogen-bond acceptors (Lipinski definition) is 2. The van der Waals surface area contributed by atoms with Crippen LogP contribution in [0.3, 0.4) is 0 Å². The van der Waals surface area contributed by atoms with Crippen molar-refractivity contribution in [1.82, 2.24) is 15.5 Å². The first kappa shape index (κ1) is 15.6. The van der Waals surface area contributed by atoms with Crippen LogP contribution in [0, 0.1) is 0 Å². The Morgan fingerprint density at radius 1 is 1.33 bits per heavy atom. The molecule has 114 valence electrons. The third-order valence-electron chi connectivity index (χ3n) is 3.40. The van der Waals surface area contributed by atoms with Crippen molar-refractivity contribution in [1.29, 1.82) is 0 Å². The Kier molecular flexibility index (Phi) is 5.87. The predicted molar refractivity (Wildman–Crippen MR) is 82.1 cm³/mol. The van der Waals surface area contributed by atoms with Crippen LogP contribution in [0.4, 0.5) is 4.79 Å². The molecule has 1 aromatic rings. The molecule has 1 saturated heterocycles. The fraction of sp³-hybridized carbons (Fsp3) is 0.467. The lowest BCUT2D eigenvalue weighted by atomic mass is 10.2. The Bertz CT molecular complexity index is 507. The summed E-state index contributed by atoms with van der Waals surface area (Å²) in [6.07, 6.45) is 2.39. The van der Waals surface area contributed by atoms with E-state index in [-0.39, 0.29) is 11.9 Å². The Morgan fingerprint density at radius 3 is 2.90 bits per heavy atom. The molecule has 21 heavy (non-hydrogen) atoms. The highest BCUT2D eigenvalue weighted by molar-refractivity contribution is 6.30. The van der Waals surface area contributed by atoms with E-state index in [1.54, 1.807) is 6.07 Å². The second-order valence-corrected chi connectivity index (χ2v) is 5.51. The zero-order chi connectivity index (χ0) is 15.1. The maximum Gasteiger partial charge on any atom is 0.315 e. The van der Waals surface area contributed by atoms with E-state index in [9.17, 15) is 9.59 Å². The third-order valence-corrected chi connectivity index (χ3v) is 3.64. The van der Waals surface area contributed by atoms with E-state index in [1.165, 1.54) is 0 Å². The van der Waals surface area contributed by atoms with Gasteiger partial charge in [0.05, 0.1) is 0 Å². The number of nitrogens with zero attached hydrogens (tertiary/aromatic N) is 1. The van der Waals surface area contributed by atoms with Gasteiger partial charge < -0.3 is 15.5 Å². The van der Waals surface area contributed by atoms with Gasteiger partial charge in [0.1, 0.15) is 0 Å². The molecule has 0 unspecified atom stereocenters. The Balaban J connectivity index is 1.58. The van der Waals surface area contributed by atoms with E-state index >= 15 is 0 Å². The van der Waals surface area contributed by atoms with Gasteiger partial charge in [0.15, 0.2) is 0 Å². The third kappa shape index (κ3) is 5.27. The molecular formula is C15H20ClN3O2. The largest absolute Gasteiger partial charge is 0.343 e. The molecule has 0 radical (unpaired) electrons. The number of carbonyl (C=O) groups excluding carboxylic acids is 2. The second-order valence-electron chi connectivity index (χ2n) is 5.08. The molecule has 0 saturated carbocycles. The summed E-state index contributed by atoms with van der Waals surface area (Å²) < 4.78 is 0. The summed E-state index contributed by atoms with van der Waals surface area (Å²) in [4.78, 5) is 24.9. The molecule has 0 spiro atoms. The lowest BCUT2D eigenvalue weighted by molar-refractivity contribution is -0.127. The van der Waals surface area contributed by atoms with Crippen molar-refractivity contribution in [2.24, 2.45) is 0 Å². The lowest BCUT2D eigenvalue weighted by Crippen LogP contribution is -2.37. The molecule has 1 fully saturated rings. The van der Waals surface area contributed by atoms with Gasteiger partial charge in [0.25, 0.3) is 0 Å². The van der Waals surface area contributed by atoms with Crippen LogP contribution >= 0.6 is 11.6 Å². The minimum absolute atomic E-state index is 0.206. The maximum atomic E-state index is 11.6. The van der Waals surface area contributed by atoms with Gasteiger partial charge in [-0.25, -0.2) is 4.79 Å². The van der Waals surface area contributed by atoms with Crippen molar-refractivity contribution < 1.29 is 9.59 Å². The lowest BCUT2D eigenvalue weighted by Gasteiger charge is -2.15. The van der Waals surface area contributed by atoms with E-state index < -0.39 is 0 Å². The molecule has 2 rings (SSSR count). The maximum absolute atomic E-state index is 11.6. The molecule has 0 aliphatic carbocycles. The molecule has 5 nitrogen and oxygen atoms in total. The highest BCUT2D eigenvalue weighted by atomic mass is 35.5. The van der Waals surface area contributed by atoms with Crippen molar-refractivity contribution in [2.75, 3.05) is 19.6 Å². The number of amides is 3. The molecule has 1 aromatic carbocycles. The quantitative estimate of drug-likeness (QED) is 0.791. The topological polar surface area (TPSA) is 61.4 Å². The van der Waals surface area contributed by atoms with Gasteiger partial charge in [-0.2, -0.15) is 0 Å². The Labute approximate surface area is 129 Å². The van der Waals surface area contributed by atoms with E-state index in [1.807, 2.05) is 23.1 Å². The summed E-state index contributed by atoms with van der Waals surface area (Å²) in [5, 5.41) is 6.22. The second kappa shape index (κ2) is 7.88. The number of nitrogens with one attached hydrogen (secondary N) is 2. The zero-order valence-corrected chi connectivity index (χ0v) is 12.7. The summed E-state index contributed by atoms with van der Waals surface area (Å²) in [6, 6.07) is 7.17. The van der Waals surface area contributed by atoms with Crippen LogP contribution in [-0.2, 0) is 11.3 Å². The van der Waals surface area contributed by atoms with Gasteiger partial charge in [-0.3, -0.25) is 4.79 Å². The summed E-state index contributed by atoms with van der Waals surface area (Å²) in [6.45, 7) is 2.56. The van der Waals surface area contributed by atoms with Crippen LogP contribution in [0.2, 0.25) is 5.02 Å². The average Bonchev–Trinajstić information content (AvgIpc) is 2.87. The Hall–Kier alpha value is -1.75. The van der Waals surface area contributed by atoms with Crippen molar-refractivity contribution in [2.45, 2.75) is 25.8 Å². The molecule has 1 aliphatic rings. The summed E-state index contributed by atoms with van der Waals surface area (Å²) >= 11 is 5.88. The summed E-state index contributed by atoms with van der Waals surface area (Å²) in [5.74, 6) is 0.223. The fourth-order valence-corrected chi connectivity index (χ4v) is 2.52. The number of carbonyl (C=O) groups is 2. The Morgan fingerprint density at radius 2 is 2.19 bits per heavy atom. The smallest absolute Gasteiger partial charge is 0.315 e. The molecule has 0 bridgehead atoms. The highest BCUT2D eigenvalue weighted by Gasteiger charge is 2.18. The average molecular weight is 310 g/mol. The van der Waals surface area contributed by atoms with Gasteiger partial charge in [0, 0.05) is 37.6 Å². The van der Waals surface area contributed by atoms with Gasteiger partial charge in [-0.15, -0.1) is 0 Å². The molecule has 0 aromatic heterocycles. The number of benzene rings is 1. The molecule has 1 aliphatic heterocycles. The highest BCUT2D eigenvalue weighted by Crippen LogP contribution is 2.10. The van der Waals surface area contributed by atoms with Crippen LogP contribution in [0.25, 0.3) is 0 Å². The standard InChI is InChI=1S/C15H20ClN3O2/c16-13-5-1-4-12(10-13)11-18-15(21)17-7-3-9-19-8-2-6-14(19)20/h1,4-5,10H,2-3,6-9,11H2,(H2,17,18,21). The van der Waals surface area contributed by atoms with Crippen molar-refractivity contribution in [3.63, 3.8) is 0 Å². The van der Waals surface area contributed by atoms with E-state index in [4.69, 9.17) is 11.6 Å². The first-order valence-electron chi connectivity index (χ1n) is 7.19. The van der Waals surface area contributed by atoms with Gasteiger partial charge in [-0.1, -0.05) is 23.7 Å². The number of urea groups is 1. The molecular weight excluding hydrogens is 290 g/mol. The minimum Gasteiger partial charge on any atom is -0.343 e. The van der Waals surface area contributed by atoms with E-state index in [0.717, 1.165) is 24.9 Å². The van der Waals surface area contributed by atoms with Gasteiger partial charge >= 0.3 is 6.03 Å². The van der Waals surface area contributed by atoms with E-state index in [2.05, 4.69) is 10.6 Å². The summed E-state index contributed by atoms with van der Waals surface area (Å²) in [7, 11) is 0. The van der Waals surface area contributed by atoms with Crippen molar-refractivity contribution in [3.05, 3.63) is 34.9 Å².